The van der Waals surface area contributed by atoms with Crippen LogP contribution >= 0.6 is 7.81 Å². The van der Waals surface area contributed by atoms with Gasteiger partial charge in [0.25, 0.3) is 0 Å². The second-order valence-corrected chi connectivity index (χ2v) is 10.5. The van der Waals surface area contributed by atoms with Crippen LogP contribution in [-0.2, 0) is 9.47 Å². The Bertz CT molecular complexity index is 1030. The van der Waals surface area contributed by atoms with E-state index in [1.165, 1.54) is 16.8 Å². The molecule has 1 aliphatic carbocycles. The summed E-state index contributed by atoms with van der Waals surface area (Å²) in [6.45, 7) is 9.85. The summed E-state index contributed by atoms with van der Waals surface area (Å²) in [6, 6.07) is 13.0. The fraction of sp³-hybridized carbons (Fsp3) is 0.500. The third kappa shape index (κ3) is 4.98. The normalized spacial score (nSPS) is 23.8. The molecule has 5 rings (SSSR count). The SMILES string of the molecule is CCOC1(OCC)[C@H]2c3cc(OC)ccc3[C@H]([n+]3ccccc32)C1(C)C.F[P-](F)(F)(F)(F)F. The summed E-state index contributed by atoms with van der Waals surface area (Å²) in [5.74, 6) is 0.161. The van der Waals surface area contributed by atoms with Gasteiger partial charge < -0.3 is 14.2 Å². The molecule has 0 unspecified atom stereocenters. The van der Waals surface area contributed by atoms with Gasteiger partial charge in [-0.25, -0.2) is 0 Å². The molecule has 2 atom stereocenters. The Hall–Kier alpha value is -1.90. The Morgan fingerprint density at radius 1 is 0.909 bits per heavy atom. The zero-order chi connectivity index (χ0) is 24.9. The number of ether oxygens (including phenoxy) is 3. The first-order chi connectivity index (χ1) is 15.0. The van der Waals surface area contributed by atoms with Crippen molar-refractivity contribution < 1.29 is 44.0 Å². The molecule has 0 fully saturated rings. The Morgan fingerprint density at radius 3 is 2.00 bits per heavy atom. The van der Waals surface area contributed by atoms with Gasteiger partial charge in [0.1, 0.15) is 11.7 Å². The van der Waals surface area contributed by atoms with Crippen LogP contribution in [0.5, 0.6) is 5.75 Å². The van der Waals surface area contributed by atoms with E-state index in [2.05, 4.69) is 61.0 Å². The van der Waals surface area contributed by atoms with Crippen molar-refractivity contribution >= 4 is 7.81 Å². The molecule has 0 saturated carbocycles. The summed E-state index contributed by atoms with van der Waals surface area (Å²) in [6.07, 6.45) is 2.18. The molecule has 186 valence electrons. The number of halogens is 6. The molecule has 0 saturated heterocycles. The van der Waals surface area contributed by atoms with E-state index < -0.39 is 13.6 Å². The van der Waals surface area contributed by atoms with Crippen molar-refractivity contribution in [2.24, 2.45) is 5.41 Å². The molecule has 1 aromatic carbocycles. The van der Waals surface area contributed by atoms with E-state index in [-0.39, 0.29) is 17.4 Å². The number of rotatable bonds is 5. The van der Waals surface area contributed by atoms with Crippen molar-refractivity contribution in [2.75, 3.05) is 20.3 Å². The van der Waals surface area contributed by atoms with Crippen LogP contribution in [0.1, 0.15) is 56.5 Å². The zero-order valence-corrected chi connectivity index (χ0v) is 19.9. The number of hydrogen-bond donors (Lipinski definition) is 0. The molecule has 0 amide bonds. The van der Waals surface area contributed by atoms with Crippen LogP contribution in [0.4, 0.5) is 25.2 Å². The summed E-state index contributed by atoms with van der Waals surface area (Å²) < 4.78 is 80.1. The number of fused-ring (bicyclic) bond motifs is 1. The van der Waals surface area contributed by atoms with E-state index in [1.54, 1.807) is 7.11 Å². The predicted octanol–water partition coefficient (Wildman–Crippen LogP) is 7.21. The van der Waals surface area contributed by atoms with Gasteiger partial charge in [0.05, 0.1) is 12.5 Å². The first-order valence-corrected chi connectivity index (χ1v) is 12.5. The monoisotopic (exact) mass is 499 g/mol. The van der Waals surface area contributed by atoms with Crippen LogP contribution < -0.4 is 9.30 Å². The van der Waals surface area contributed by atoms with E-state index in [4.69, 9.17) is 14.2 Å². The third-order valence-corrected chi connectivity index (χ3v) is 6.08. The number of aromatic nitrogens is 1. The van der Waals surface area contributed by atoms with Crippen LogP contribution in [0.3, 0.4) is 0 Å². The van der Waals surface area contributed by atoms with Gasteiger partial charge in [-0.2, -0.15) is 4.57 Å². The minimum atomic E-state index is -10.7. The van der Waals surface area contributed by atoms with Crippen LogP contribution in [0.25, 0.3) is 0 Å². The number of pyridine rings is 1. The van der Waals surface area contributed by atoms with Gasteiger partial charge >= 0.3 is 33.0 Å². The Morgan fingerprint density at radius 2 is 1.48 bits per heavy atom. The molecule has 11 heteroatoms. The molecule has 2 bridgehead atoms. The number of hydrogen-bond acceptors (Lipinski definition) is 3. The molecule has 2 aromatic rings. The number of nitrogens with zero attached hydrogens (tertiary/aromatic N) is 1. The number of methoxy groups -OCH3 is 1. The summed E-state index contributed by atoms with van der Waals surface area (Å²) in [5, 5.41) is 0. The summed E-state index contributed by atoms with van der Waals surface area (Å²) in [5.41, 5.74) is 3.59. The quantitative estimate of drug-likeness (QED) is 0.189. The second-order valence-electron chi connectivity index (χ2n) is 8.58. The molecular formula is C22H28F6NO3P. The van der Waals surface area contributed by atoms with Gasteiger partial charge in [0.2, 0.25) is 0 Å². The average molecular weight is 499 g/mol. The maximum absolute atomic E-state index is 10.7. The third-order valence-electron chi connectivity index (χ3n) is 6.08. The first-order valence-electron chi connectivity index (χ1n) is 10.5. The van der Waals surface area contributed by atoms with Gasteiger partial charge in [-0.05, 0) is 51.5 Å². The van der Waals surface area contributed by atoms with Crippen molar-refractivity contribution in [1.29, 1.82) is 0 Å². The molecule has 0 radical (unpaired) electrons. The van der Waals surface area contributed by atoms with Gasteiger partial charge in [-0.15, -0.1) is 0 Å². The van der Waals surface area contributed by atoms with E-state index >= 15 is 0 Å². The summed E-state index contributed by atoms with van der Waals surface area (Å²) in [7, 11) is -8.94. The molecule has 3 aliphatic rings. The molecule has 1 aromatic heterocycles. The van der Waals surface area contributed by atoms with E-state index in [0.717, 1.165) is 5.75 Å². The molecule has 0 N–H and O–H groups in total. The molecule has 4 nitrogen and oxygen atoms in total. The van der Waals surface area contributed by atoms with Crippen LogP contribution in [0, 0.1) is 5.41 Å². The van der Waals surface area contributed by atoms with Crippen molar-refractivity contribution in [3.05, 3.63) is 59.4 Å². The summed E-state index contributed by atoms with van der Waals surface area (Å²) >= 11 is 0. The molecular weight excluding hydrogens is 471 g/mol. The fourth-order valence-corrected chi connectivity index (χ4v) is 5.14. The molecule has 3 heterocycles. The fourth-order valence-electron chi connectivity index (χ4n) is 5.14. The van der Waals surface area contributed by atoms with Gasteiger partial charge in [0, 0.05) is 30.9 Å². The topological polar surface area (TPSA) is 31.6 Å². The van der Waals surface area contributed by atoms with Crippen molar-refractivity contribution in [1.82, 2.24) is 0 Å². The summed E-state index contributed by atoms with van der Waals surface area (Å²) in [4.78, 5) is 0. The molecule has 33 heavy (non-hydrogen) atoms. The Kier molecular flexibility index (Phi) is 5.88. The van der Waals surface area contributed by atoms with Crippen LogP contribution in [0.15, 0.2) is 42.6 Å². The molecule has 2 aliphatic heterocycles. The first kappa shape index (κ1) is 25.7. The van der Waals surface area contributed by atoms with Crippen LogP contribution in [0.2, 0.25) is 0 Å². The average Bonchev–Trinajstić information content (AvgIpc) is 2.67. The van der Waals surface area contributed by atoms with E-state index in [1.807, 2.05) is 13.8 Å². The van der Waals surface area contributed by atoms with Crippen molar-refractivity contribution in [3.63, 3.8) is 0 Å². The van der Waals surface area contributed by atoms with E-state index in [0.29, 0.717) is 13.2 Å². The minimum absolute atomic E-state index is 0.00583. The van der Waals surface area contributed by atoms with Gasteiger partial charge in [-0.3, -0.25) is 0 Å². The Labute approximate surface area is 188 Å². The van der Waals surface area contributed by atoms with E-state index in [9.17, 15) is 25.2 Å². The zero-order valence-electron chi connectivity index (χ0n) is 19.0. The van der Waals surface area contributed by atoms with Gasteiger partial charge in [-0.1, -0.05) is 6.07 Å². The van der Waals surface area contributed by atoms with Crippen LogP contribution in [-0.4, -0.2) is 26.1 Å². The second kappa shape index (κ2) is 7.55. The molecule has 0 spiro atoms. The predicted molar refractivity (Wildman–Crippen MR) is 113 cm³/mol. The maximum atomic E-state index is 9.87. The number of benzene rings is 1. The standard InChI is InChI=1S/C22H28NO3.F6P/c1-6-25-22(26-7-2)19-17-14-15(24-5)11-12-16(17)20(21(22,3)4)23-13-9-8-10-18(19)23;1-7(2,3,4,5)6/h8-14,19-20H,6-7H2,1-5H3;/q+1;-1/t19-,20-;/m0./s1. The van der Waals surface area contributed by atoms with Crippen molar-refractivity contribution in [2.45, 2.75) is 45.4 Å². The Balaban J connectivity index is 0.000000383. The van der Waals surface area contributed by atoms with Gasteiger partial charge in [0.15, 0.2) is 23.7 Å². The van der Waals surface area contributed by atoms with Crippen molar-refractivity contribution in [3.8, 4) is 5.75 Å².